The molecule has 2 saturated heterocycles. The van der Waals surface area contributed by atoms with Gasteiger partial charge in [0.15, 0.2) is 6.29 Å². The number of hydrogen-bond donors (Lipinski definition) is 0. The Labute approximate surface area is 137 Å². The molecule has 0 unspecified atom stereocenters. The van der Waals surface area contributed by atoms with Crippen LogP contribution in [0, 0.1) is 0 Å². The van der Waals surface area contributed by atoms with Gasteiger partial charge in [-0.2, -0.15) is 0 Å². The van der Waals surface area contributed by atoms with Crippen molar-refractivity contribution < 1.29 is 18.9 Å². The molecule has 1 aromatic rings. The number of rotatable bonds is 1. The number of hydrogen-bond acceptors (Lipinski definition) is 4. The Bertz CT molecular complexity index is 558. The van der Waals surface area contributed by atoms with Crippen LogP contribution < -0.4 is 0 Å². The van der Waals surface area contributed by atoms with Gasteiger partial charge in [0.25, 0.3) is 0 Å². The zero-order chi connectivity index (χ0) is 15.7. The molecule has 2 fully saturated rings. The van der Waals surface area contributed by atoms with Crippen LogP contribution in [0.5, 0.6) is 0 Å². The van der Waals surface area contributed by atoms with E-state index in [1.807, 2.05) is 30.3 Å². The Kier molecular flexibility index (Phi) is 4.24. The van der Waals surface area contributed by atoms with Gasteiger partial charge in [-0.25, -0.2) is 0 Å². The molecular weight excluding hydrogens is 292 g/mol. The van der Waals surface area contributed by atoms with Crippen molar-refractivity contribution in [1.82, 2.24) is 0 Å². The lowest BCUT2D eigenvalue weighted by atomic mass is 9.90. The minimum atomic E-state index is -0.377. The summed E-state index contributed by atoms with van der Waals surface area (Å²) < 4.78 is 24.5. The highest BCUT2D eigenvalue weighted by atomic mass is 16.7. The molecule has 23 heavy (non-hydrogen) atoms. The molecule has 0 spiro atoms. The molecule has 5 atom stereocenters. The van der Waals surface area contributed by atoms with Gasteiger partial charge in [-0.05, 0) is 26.2 Å². The van der Waals surface area contributed by atoms with Gasteiger partial charge >= 0.3 is 0 Å². The van der Waals surface area contributed by atoms with Gasteiger partial charge in [-0.1, -0.05) is 42.5 Å². The van der Waals surface area contributed by atoms with E-state index in [1.165, 1.54) is 0 Å². The minimum Gasteiger partial charge on any atom is -0.371 e. The first-order valence-electron chi connectivity index (χ1n) is 8.53. The molecule has 0 saturated carbocycles. The number of ether oxygens (including phenoxy) is 4. The molecule has 3 aliphatic heterocycles. The second-order valence-electron chi connectivity index (χ2n) is 6.78. The molecule has 0 bridgehead atoms. The van der Waals surface area contributed by atoms with Crippen LogP contribution in [0.2, 0.25) is 0 Å². The van der Waals surface area contributed by atoms with Gasteiger partial charge in [0.05, 0.1) is 12.7 Å². The highest BCUT2D eigenvalue weighted by Gasteiger charge is 2.45. The summed E-state index contributed by atoms with van der Waals surface area (Å²) in [5.41, 5.74) is 0.676. The summed E-state index contributed by atoms with van der Waals surface area (Å²) in [7, 11) is 0. The number of fused-ring (bicyclic) bond motifs is 2. The normalized spacial score (nSPS) is 42.0. The van der Waals surface area contributed by atoms with Crippen molar-refractivity contribution in [1.29, 1.82) is 0 Å². The van der Waals surface area contributed by atoms with Crippen LogP contribution in [0.3, 0.4) is 0 Å². The van der Waals surface area contributed by atoms with Crippen molar-refractivity contribution >= 4 is 0 Å². The third-order valence-electron chi connectivity index (χ3n) is 5.03. The Morgan fingerprint density at radius 1 is 1.13 bits per heavy atom. The predicted octanol–water partition coefficient (Wildman–Crippen LogP) is 3.38. The monoisotopic (exact) mass is 316 g/mol. The minimum absolute atomic E-state index is 0.0680. The van der Waals surface area contributed by atoms with Crippen molar-refractivity contribution in [2.75, 3.05) is 13.2 Å². The lowest BCUT2D eigenvalue weighted by molar-refractivity contribution is -0.316. The molecule has 1 aromatic carbocycles. The molecule has 0 aliphatic carbocycles. The van der Waals surface area contributed by atoms with E-state index in [-0.39, 0.29) is 30.2 Å². The molecule has 3 heterocycles. The van der Waals surface area contributed by atoms with Crippen LogP contribution in [-0.2, 0) is 18.9 Å². The Morgan fingerprint density at radius 2 is 2.00 bits per heavy atom. The molecule has 0 radical (unpaired) electrons. The summed E-state index contributed by atoms with van der Waals surface area (Å²) in [6.07, 6.45) is 6.99. The standard InChI is InChI=1S/C19H24O4/c1-19-11-5-9-15-16(10-6-12-20-15)22-17(19)13-21-18(23-19)14-7-3-2-4-8-14/h2-5,7-9,15-18H,6,10-13H2,1H3/b9-5-/t15-,16+,17-,18-,19+/m1/s1. The second kappa shape index (κ2) is 6.36. The highest BCUT2D eigenvalue weighted by Crippen LogP contribution is 2.39. The fourth-order valence-electron chi connectivity index (χ4n) is 3.59. The summed E-state index contributed by atoms with van der Waals surface area (Å²) >= 11 is 0. The molecule has 4 nitrogen and oxygen atoms in total. The van der Waals surface area contributed by atoms with E-state index in [9.17, 15) is 0 Å². The maximum Gasteiger partial charge on any atom is 0.184 e. The fourth-order valence-corrected chi connectivity index (χ4v) is 3.59. The van der Waals surface area contributed by atoms with Gasteiger partial charge in [0.1, 0.15) is 17.8 Å². The van der Waals surface area contributed by atoms with Gasteiger partial charge in [-0.3, -0.25) is 0 Å². The lowest BCUT2D eigenvalue weighted by Gasteiger charge is -2.47. The SMILES string of the molecule is C[C@]12C/C=C\[C@H]3OCCC[C@@H]3O[C@@H]1CO[C@@H](c1ccccc1)O2. The van der Waals surface area contributed by atoms with Crippen LogP contribution >= 0.6 is 0 Å². The third kappa shape index (κ3) is 3.09. The fraction of sp³-hybridized carbons (Fsp3) is 0.579. The number of benzene rings is 1. The molecule has 4 heteroatoms. The first-order chi connectivity index (χ1) is 11.2. The lowest BCUT2D eigenvalue weighted by Crippen LogP contribution is -2.55. The van der Waals surface area contributed by atoms with E-state index in [0.717, 1.165) is 31.4 Å². The van der Waals surface area contributed by atoms with Gasteiger partial charge in [0, 0.05) is 12.2 Å². The van der Waals surface area contributed by atoms with E-state index in [0.29, 0.717) is 6.61 Å². The summed E-state index contributed by atoms with van der Waals surface area (Å²) in [5, 5.41) is 0. The maximum absolute atomic E-state index is 6.36. The van der Waals surface area contributed by atoms with Crippen molar-refractivity contribution in [2.45, 2.75) is 56.4 Å². The van der Waals surface area contributed by atoms with Crippen molar-refractivity contribution in [2.24, 2.45) is 0 Å². The zero-order valence-corrected chi connectivity index (χ0v) is 13.5. The van der Waals surface area contributed by atoms with Gasteiger partial charge < -0.3 is 18.9 Å². The molecule has 0 aromatic heterocycles. The van der Waals surface area contributed by atoms with E-state index in [1.54, 1.807) is 0 Å². The molecule has 4 rings (SSSR count). The second-order valence-corrected chi connectivity index (χ2v) is 6.78. The topological polar surface area (TPSA) is 36.9 Å². The van der Waals surface area contributed by atoms with Crippen molar-refractivity contribution in [3.8, 4) is 0 Å². The van der Waals surface area contributed by atoms with E-state index in [2.05, 4.69) is 19.1 Å². The van der Waals surface area contributed by atoms with Crippen molar-refractivity contribution in [3.63, 3.8) is 0 Å². The average Bonchev–Trinajstić information content (AvgIpc) is 2.57. The first kappa shape index (κ1) is 15.3. The molecular formula is C19H24O4. The van der Waals surface area contributed by atoms with Crippen LogP contribution in [0.4, 0.5) is 0 Å². The molecule has 3 aliphatic rings. The largest absolute Gasteiger partial charge is 0.371 e. The molecule has 0 amide bonds. The summed E-state index contributed by atoms with van der Waals surface area (Å²) in [4.78, 5) is 0. The highest BCUT2D eigenvalue weighted by molar-refractivity contribution is 5.17. The summed E-state index contributed by atoms with van der Waals surface area (Å²) in [6, 6.07) is 10.1. The Hall–Kier alpha value is -1.20. The predicted molar refractivity (Wildman–Crippen MR) is 86.0 cm³/mol. The summed E-state index contributed by atoms with van der Waals surface area (Å²) in [6.45, 7) is 3.50. The van der Waals surface area contributed by atoms with Crippen molar-refractivity contribution in [3.05, 3.63) is 48.0 Å². The Morgan fingerprint density at radius 3 is 2.87 bits per heavy atom. The van der Waals surface area contributed by atoms with E-state index in [4.69, 9.17) is 18.9 Å². The van der Waals surface area contributed by atoms with Crippen LogP contribution in [0.1, 0.15) is 38.0 Å². The van der Waals surface area contributed by atoms with Crippen LogP contribution in [0.25, 0.3) is 0 Å². The van der Waals surface area contributed by atoms with Crippen LogP contribution in [-0.4, -0.2) is 37.1 Å². The van der Waals surface area contributed by atoms with Gasteiger partial charge in [-0.15, -0.1) is 0 Å². The zero-order valence-electron chi connectivity index (χ0n) is 13.5. The summed E-state index contributed by atoms with van der Waals surface area (Å²) in [5.74, 6) is 0. The molecule has 0 N–H and O–H groups in total. The average molecular weight is 316 g/mol. The Balaban J connectivity index is 1.55. The first-order valence-corrected chi connectivity index (χ1v) is 8.53. The van der Waals surface area contributed by atoms with Gasteiger partial charge in [0.2, 0.25) is 0 Å². The maximum atomic E-state index is 6.36. The quantitative estimate of drug-likeness (QED) is 0.744. The third-order valence-corrected chi connectivity index (χ3v) is 5.03. The van der Waals surface area contributed by atoms with Crippen LogP contribution in [0.15, 0.2) is 42.5 Å². The molecule has 124 valence electrons. The van der Waals surface area contributed by atoms with E-state index < -0.39 is 0 Å². The smallest absolute Gasteiger partial charge is 0.184 e. The van der Waals surface area contributed by atoms with E-state index >= 15 is 0 Å².